The van der Waals surface area contributed by atoms with Crippen molar-refractivity contribution in [3.05, 3.63) is 36.0 Å². The van der Waals surface area contributed by atoms with Crippen LogP contribution in [0.25, 0.3) is 0 Å². The van der Waals surface area contributed by atoms with E-state index in [9.17, 15) is 0 Å². The van der Waals surface area contributed by atoms with E-state index in [4.69, 9.17) is 9.26 Å². The summed E-state index contributed by atoms with van der Waals surface area (Å²) in [4.78, 5) is 5.61. The minimum absolute atomic E-state index is 0.145. The molecule has 1 atom stereocenters. The summed E-state index contributed by atoms with van der Waals surface area (Å²) in [6.07, 6.45) is 3.12. The normalized spacial score (nSPS) is 12.3. The third-order valence-corrected chi connectivity index (χ3v) is 4.06. The lowest BCUT2D eigenvalue weighted by atomic mass is 10.2. The van der Waals surface area contributed by atoms with E-state index in [2.05, 4.69) is 24.0 Å². The van der Waals surface area contributed by atoms with Gasteiger partial charge in [-0.15, -0.1) is 11.8 Å². The van der Waals surface area contributed by atoms with Crippen LogP contribution >= 0.6 is 11.8 Å². The summed E-state index contributed by atoms with van der Waals surface area (Å²) in [5.74, 6) is 2.36. The van der Waals surface area contributed by atoms with Crippen LogP contribution in [0.15, 0.2) is 33.7 Å². The molecule has 0 saturated heterocycles. The highest BCUT2D eigenvalue weighted by atomic mass is 32.2. The number of aromatic nitrogens is 2. The van der Waals surface area contributed by atoms with Crippen molar-refractivity contribution in [1.29, 1.82) is 0 Å². The van der Waals surface area contributed by atoms with Crippen LogP contribution in [0.2, 0.25) is 0 Å². The predicted molar refractivity (Wildman–Crippen MR) is 80.2 cm³/mol. The molecular formula is C15H20N2O2S. The van der Waals surface area contributed by atoms with Gasteiger partial charge in [-0.3, -0.25) is 0 Å². The number of rotatable bonds is 7. The fourth-order valence-corrected chi connectivity index (χ4v) is 2.68. The second-order valence-corrected chi connectivity index (χ2v) is 6.00. The first kappa shape index (κ1) is 14.9. The molecule has 1 heterocycles. The number of hydrogen-bond donors (Lipinski definition) is 0. The number of aryl methyl sites for hydroxylation is 1. The van der Waals surface area contributed by atoms with Crippen molar-refractivity contribution in [1.82, 2.24) is 10.1 Å². The zero-order valence-electron chi connectivity index (χ0n) is 12.1. The molecule has 0 bridgehead atoms. The van der Waals surface area contributed by atoms with Gasteiger partial charge < -0.3 is 9.26 Å². The van der Waals surface area contributed by atoms with Crippen LogP contribution in [0.5, 0.6) is 5.75 Å². The highest BCUT2D eigenvalue weighted by Crippen LogP contribution is 2.34. The smallest absolute Gasteiger partial charge is 0.239 e. The van der Waals surface area contributed by atoms with Crippen molar-refractivity contribution in [3.8, 4) is 5.75 Å². The summed E-state index contributed by atoms with van der Waals surface area (Å²) in [6, 6.07) is 7.98. The van der Waals surface area contributed by atoms with E-state index >= 15 is 0 Å². The molecule has 0 aliphatic carbocycles. The van der Waals surface area contributed by atoms with Gasteiger partial charge in [-0.2, -0.15) is 4.98 Å². The number of benzene rings is 1. The van der Waals surface area contributed by atoms with Gasteiger partial charge in [0.2, 0.25) is 5.89 Å². The van der Waals surface area contributed by atoms with Crippen molar-refractivity contribution in [2.45, 2.75) is 43.3 Å². The van der Waals surface area contributed by atoms with Crippen LogP contribution in [0.3, 0.4) is 0 Å². The van der Waals surface area contributed by atoms with E-state index in [1.54, 1.807) is 18.9 Å². The number of unbranched alkanes of at least 4 members (excludes halogenated alkanes) is 1. The maximum absolute atomic E-state index is 5.33. The number of methoxy groups -OCH3 is 1. The van der Waals surface area contributed by atoms with Crippen molar-refractivity contribution < 1.29 is 9.26 Å². The number of ether oxygens (including phenoxy) is 1. The van der Waals surface area contributed by atoms with E-state index in [-0.39, 0.29) is 5.25 Å². The first-order valence-corrected chi connectivity index (χ1v) is 7.74. The van der Waals surface area contributed by atoms with E-state index < -0.39 is 0 Å². The molecule has 20 heavy (non-hydrogen) atoms. The van der Waals surface area contributed by atoms with Gasteiger partial charge in [0, 0.05) is 11.3 Å². The van der Waals surface area contributed by atoms with Gasteiger partial charge in [-0.25, -0.2) is 0 Å². The first-order chi connectivity index (χ1) is 9.72. The summed E-state index contributed by atoms with van der Waals surface area (Å²) in [6.45, 7) is 4.23. The molecule has 1 aromatic heterocycles. The highest BCUT2D eigenvalue weighted by molar-refractivity contribution is 7.99. The number of nitrogens with zero attached hydrogens (tertiary/aromatic N) is 2. The van der Waals surface area contributed by atoms with Crippen molar-refractivity contribution in [2.75, 3.05) is 7.11 Å². The Morgan fingerprint density at radius 2 is 2.05 bits per heavy atom. The maximum atomic E-state index is 5.33. The van der Waals surface area contributed by atoms with Gasteiger partial charge in [-0.1, -0.05) is 18.5 Å². The fourth-order valence-electron chi connectivity index (χ4n) is 1.78. The van der Waals surface area contributed by atoms with Crippen molar-refractivity contribution in [2.24, 2.45) is 0 Å². The molecule has 1 aromatic carbocycles. The van der Waals surface area contributed by atoms with Gasteiger partial charge in [0.05, 0.1) is 12.4 Å². The molecule has 2 aromatic rings. The summed E-state index contributed by atoms with van der Waals surface area (Å²) < 4.78 is 10.5. The van der Waals surface area contributed by atoms with E-state index in [1.807, 2.05) is 24.3 Å². The second kappa shape index (κ2) is 7.33. The molecule has 4 nitrogen and oxygen atoms in total. The molecule has 5 heteroatoms. The Labute approximate surface area is 123 Å². The zero-order chi connectivity index (χ0) is 14.4. The minimum Gasteiger partial charge on any atom is -0.497 e. The van der Waals surface area contributed by atoms with Crippen molar-refractivity contribution >= 4 is 11.8 Å². The van der Waals surface area contributed by atoms with Crippen LogP contribution in [-0.2, 0) is 6.42 Å². The van der Waals surface area contributed by atoms with Gasteiger partial charge in [0.15, 0.2) is 5.82 Å². The Morgan fingerprint density at radius 3 is 2.70 bits per heavy atom. The Morgan fingerprint density at radius 1 is 1.30 bits per heavy atom. The molecule has 2 rings (SSSR count). The number of thioether (sulfide) groups is 1. The molecule has 1 unspecified atom stereocenters. The first-order valence-electron chi connectivity index (χ1n) is 6.86. The predicted octanol–water partition coefficient (Wildman–Crippen LogP) is 4.27. The van der Waals surface area contributed by atoms with Crippen molar-refractivity contribution in [3.63, 3.8) is 0 Å². The van der Waals surface area contributed by atoms with Gasteiger partial charge in [0.25, 0.3) is 0 Å². The van der Waals surface area contributed by atoms with Gasteiger partial charge >= 0.3 is 0 Å². The highest BCUT2D eigenvalue weighted by Gasteiger charge is 2.15. The zero-order valence-corrected chi connectivity index (χ0v) is 12.9. The monoisotopic (exact) mass is 292 g/mol. The van der Waals surface area contributed by atoms with Crippen LogP contribution in [0.1, 0.15) is 43.7 Å². The van der Waals surface area contributed by atoms with Crippen LogP contribution in [-0.4, -0.2) is 17.3 Å². The lowest BCUT2D eigenvalue weighted by molar-refractivity contribution is 0.374. The molecule has 108 valence electrons. The molecule has 0 N–H and O–H groups in total. The third-order valence-electron chi connectivity index (χ3n) is 2.96. The standard InChI is InChI=1S/C15H20N2O2S/c1-4-5-6-14-16-15(19-17-14)11(2)20-13-9-7-12(18-3)8-10-13/h7-11H,4-6H2,1-3H3. The lowest BCUT2D eigenvalue weighted by Gasteiger charge is -2.07. The van der Waals surface area contributed by atoms with Gasteiger partial charge in [-0.05, 0) is 37.6 Å². The Balaban J connectivity index is 1.96. The topological polar surface area (TPSA) is 48.2 Å². The summed E-state index contributed by atoms with van der Waals surface area (Å²) >= 11 is 1.70. The quantitative estimate of drug-likeness (QED) is 0.713. The SMILES string of the molecule is CCCCc1noc(C(C)Sc2ccc(OC)cc2)n1. The molecule has 0 radical (unpaired) electrons. The van der Waals surface area contributed by atoms with E-state index in [0.29, 0.717) is 5.89 Å². The Kier molecular flexibility index (Phi) is 5.47. The lowest BCUT2D eigenvalue weighted by Crippen LogP contribution is -1.91. The number of hydrogen-bond acceptors (Lipinski definition) is 5. The fraction of sp³-hybridized carbons (Fsp3) is 0.467. The Bertz CT molecular complexity index is 525. The average molecular weight is 292 g/mol. The molecule has 0 aliphatic heterocycles. The van der Waals surface area contributed by atoms with Crippen LogP contribution < -0.4 is 4.74 Å². The summed E-state index contributed by atoms with van der Waals surface area (Å²) in [7, 11) is 1.67. The molecule has 0 fully saturated rings. The average Bonchev–Trinajstić information content (AvgIpc) is 2.95. The molecular weight excluding hydrogens is 272 g/mol. The largest absolute Gasteiger partial charge is 0.497 e. The molecule has 0 saturated carbocycles. The summed E-state index contributed by atoms with van der Waals surface area (Å²) in [5.41, 5.74) is 0. The molecule has 0 spiro atoms. The van der Waals surface area contributed by atoms with Crippen LogP contribution in [0, 0.1) is 0 Å². The van der Waals surface area contributed by atoms with Crippen LogP contribution in [0.4, 0.5) is 0 Å². The second-order valence-electron chi connectivity index (χ2n) is 4.59. The maximum Gasteiger partial charge on any atom is 0.239 e. The third kappa shape index (κ3) is 4.00. The summed E-state index contributed by atoms with van der Waals surface area (Å²) in [5, 5.41) is 4.17. The molecule has 0 amide bonds. The van der Waals surface area contributed by atoms with E-state index in [1.165, 1.54) is 0 Å². The Hall–Kier alpha value is -1.49. The molecule has 0 aliphatic rings. The van der Waals surface area contributed by atoms with Gasteiger partial charge in [0.1, 0.15) is 5.75 Å². The minimum atomic E-state index is 0.145. The van der Waals surface area contributed by atoms with E-state index in [0.717, 1.165) is 35.7 Å².